The number of rotatable bonds is 3. The lowest BCUT2D eigenvalue weighted by Crippen LogP contribution is -2.48. The van der Waals surface area contributed by atoms with E-state index in [4.69, 9.17) is 10.5 Å². The minimum atomic E-state index is -0.388. The minimum Gasteiger partial charge on any atom is -0.381 e. The molecule has 0 bridgehead atoms. The monoisotopic (exact) mass is 290 g/mol. The summed E-state index contributed by atoms with van der Waals surface area (Å²) in [6, 6.07) is -0.149. The molecule has 1 aliphatic carbocycles. The van der Waals surface area contributed by atoms with Gasteiger partial charge in [0.15, 0.2) is 0 Å². The molecule has 2 fully saturated rings. The highest BCUT2D eigenvalue weighted by Crippen LogP contribution is 2.62. The van der Waals surface area contributed by atoms with E-state index in [1.165, 1.54) is 0 Å². The van der Waals surface area contributed by atoms with Crippen LogP contribution in [0.25, 0.3) is 0 Å². The van der Waals surface area contributed by atoms with Gasteiger partial charge in [-0.1, -0.05) is 27.7 Å². The van der Waals surface area contributed by atoms with Crippen LogP contribution >= 0.6 is 12.4 Å². The summed E-state index contributed by atoms with van der Waals surface area (Å²) in [5.74, 6) is 0.272. The molecule has 1 saturated carbocycles. The van der Waals surface area contributed by atoms with E-state index in [-0.39, 0.29) is 47.1 Å². The van der Waals surface area contributed by atoms with Crippen LogP contribution in [-0.4, -0.2) is 31.2 Å². The zero-order valence-electron chi connectivity index (χ0n) is 12.4. The van der Waals surface area contributed by atoms with E-state index in [0.717, 1.165) is 26.1 Å². The van der Waals surface area contributed by atoms with E-state index < -0.39 is 0 Å². The Balaban J connectivity index is 0.00000180. The second-order valence-corrected chi connectivity index (χ2v) is 6.86. The van der Waals surface area contributed by atoms with Crippen LogP contribution in [0.2, 0.25) is 0 Å². The first kappa shape index (κ1) is 16.7. The van der Waals surface area contributed by atoms with E-state index >= 15 is 0 Å². The molecule has 112 valence electrons. The number of hydrogen-bond acceptors (Lipinski definition) is 3. The molecule has 1 amide bonds. The van der Waals surface area contributed by atoms with Crippen LogP contribution in [0.1, 0.15) is 40.5 Å². The van der Waals surface area contributed by atoms with E-state index in [2.05, 4.69) is 33.0 Å². The van der Waals surface area contributed by atoms with Crippen molar-refractivity contribution in [3.8, 4) is 0 Å². The number of amides is 1. The zero-order chi connectivity index (χ0) is 13.6. The molecule has 3 N–H and O–H groups in total. The van der Waals surface area contributed by atoms with Gasteiger partial charge in [0.1, 0.15) is 0 Å². The molecule has 5 heteroatoms. The fraction of sp³-hybridized carbons (Fsp3) is 0.929. The number of carbonyl (C=O) groups is 1. The maximum atomic E-state index is 12.2. The number of ether oxygens (including phenoxy) is 1. The Morgan fingerprint density at radius 3 is 2.11 bits per heavy atom. The zero-order valence-corrected chi connectivity index (χ0v) is 13.2. The second kappa shape index (κ2) is 5.58. The van der Waals surface area contributed by atoms with Crippen LogP contribution in [0.15, 0.2) is 0 Å². The molecule has 0 aromatic heterocycles. The summed E-state index contributed by atoms with van der Waals surface area (Å²) in [5.41, 5.74) is 6.41. The topological polar surface area (TPSA) is 64.4 Å². The highest BCUT2D eigenvalue weighted by atomic mass is 35.5. The molecule has 2 aliphatic rings. The first-order valence-electron chi connectivity index (χ1n) is 6.92. The number of carbonyl (C=O) groups excluding carboxylic acids is 1. The Bertz CT molecular complexity index is 324. The average Bonchev–Trinajstić information content (AvgIpc) is 2.72. The molecule has 1 atom stereocenters. The average molecular weight is 291 g/mol. The lowest BCUT2D eigenvalue weighted by Gasteiger charge is -2.27. The fourth-order valence-electron chi connectivity index (χ4n) is 3.08. The molecular weight excluding hydrogens is 264 g/mol. The van der Waals surface area contributed by atoms with Gasteiger partial charge >= 0.3 is 0 Å². The molecule has 2 rings (SSSR count). The molecular formula is C14H27ClN2O2. The van der Waals surface area contributed by atoms with Crippen LogP contribution in [0.3, 0.4) is 0 Å². The van der Waals surface area contributed by atoms with E-state index in [1.807, 2.05) is 0 Å². The van der Waals surface area contributed by atoms with Crippen molar-refractivity contribution < 1.29 is 9.53 Å². The van der Waals surface area contributed by atoms with Crippen molar-refractivity contribution in [2.24, 2.45) is 22.5 Å². The molecule has 0 spiro atoms. The Morgan fingerprint density at radius 2 is 1.68 bits per heavy atom. The number of nitrogens with two attached hydrogens (primary N) is 1. The van der Waals surface area contributed by atoms with E-state index in [9.17, 15) is 4.79 Å². The Hall–Kier alpha value is -0.320. The standard InChI is InChI=1S/C14H26N2O2.ClH/c1-13(2)12(14(13,3)4)16-11(17)10(15)9-5-7-18-8-6-9;/h9-10,12H,5-8,15H2,1-4H3,(H,16,17);1H. The molecule has 0 radical (unpaired) electrons. The summed E-state index contributed by atoms with van der Waals surface area (Å²) in [5, 5.41) is 3.13. The Kier molecular flexibility index (Phi) is 4.92. The lowest BCUT2D eigenvalue weighted by atomic mass is 9.92. The summed E-state index contributed by atoms with van der Waals surface area (Å²) in [4.78, 5) is 12.2. The molecule has 19 heavy (non-hydrogen) atoms. The van der Waals surface area contributed by atoms with Crippen LogP contribution in [0.4, 0.5) is 0 Å². The smallest absolute Gasteiger partial charge is 0.237 e. The maximum absolute atomic E-state index is 12.2. The van der Waals surface area contributed by atoms with Crippen molar-refractivity contribution in [3.63, 3.8) is 0 Å². The predicted octanol–water partition coefficient (Wildman–Crippen LogP) is 1.71. The van der Waals surface area contributed by atoms with E-state index in [0.29, 0.717) is 0 Å². The van der Waals surface area contributed by atoms with Crippen molar-refractivity contribution in [2.75, 3.05) is 13.2 Å². The minimum absolute atomic E-state index is 0. The Morgan fingerprint density at radius 1 is 1.21 bits per heavy atom. The SMILES string of the molecule is CC1(C)C(NC(=O)C(N)C2CCOCC2)C1(C)C.Cl. The molecule has 1 aliphatic heterocycles. The van der Waals surface area contributed by atoms with Crippen LogP contribution < -0.4 is 11.1 Å². The van der Waals surface area contributed by atoms with Gasteiger partial charge in [-0.2, -0.15) is 0 Å². The molecule has 1 heterocycles. The largest absolute Gasteiger partial charge is 0.381 e. The third-order valence-electron chi connectivity index (χ3n) is 5.38. The van der Waals surface area contributed by atoms with Crippen molar-refractivity contribution in [1.29, 1.82) is 0 Å². The third kappa shape index (κ3) is 2.91. The van der Waals surface area contributed by atoms with Crippen LogP contribution in [-0.2, 0) is 9.53 Å². The molecule has 1 unspecified atom stereocenters. The van der Waals surface area contributed by atoms with Gasteiger partial charge in [-0.3, -0.25) is 4.79 Å². The van der Waals surface area contributed by atoms with Gasteiger partial charge in [-0.05, 0) is 29.6 Å². The summed E-state index contributed by atoms with van der Waals surface area (Å²) in [6.45, 7) is 10.2. The third-order valence-corrected chi connectivity index (χ3v) is 5.38. The van der Waals surface area contributed by atoms with E-state index in [1.54, 1.807) is 0 Å². The van der Waals surface area contributed by atoms with Gasteiger partial charge in [-0.15, -0.1) is 12.4 Å². The predicted molar refractivity (Wildman–Crippen MR) is 78.3 cm³/mol. The quantitative estimate of drug-likeness (QED) is 0.832. The van der Waals surface area contributed by atoms with Crippen molar-refractivity contribution >= 4 is 18.3 Å². The molecule has 1 saturated heterocycles. The normalized spacial score (nSPS) is 27.2. The highest BCUT2D eigenvalue weighted by molar-refractivity contribution is 5.85. The van der Waals surface area contributed by atoms with Gasteiger partial charge in [0.05, 0.1) is 6.04 Å². The van der Waals surface area contributed by atoms with Crippen LogP contribution in [0, 0.1) is 16.7 Å². The molecule has 0 aromatic rings. The number of nitrogens with one attached hydrogen (secondary N) is 1. The lowest BCUT2D eigenvalue weighted by molar-refractivity contribution is -0.124. The van der Waals surface area contributed by atoms with Gasteiger partial charge in [0, 0.05) is 19.3 Å². The first-order chi connectivity index (χ1) is 8.28. The van der Waals surface area contributed by atoms with Gasteiger partial charge < -0.3 is 15.8 Å². The molecule has 4 nitrogen and oxygen atoms in total. The summed E-state index contributed by atoms with van der Waals surface area (Å²) in [7, 11) is 0. The number of hydrogen-bond donors (Lipinski definition) is 2. The van der Waals surface area contributed by atoms with Crippen molar-refractivity contribution in [3.05, 3.63) is 0 Å². The van der Waals surface area contributed by atoms with Crippen LogP contribution in [0.5, 0.6) is 0 Å². The molecule has 0 aromatic carbocycles. The number of halogens is 1. The van der Waals surface area contributed by atoms with Crippen molar-refractivity contribution in [1.82, 2.24) is 5.32 Å². The van der Waals surface area contributed by atoms with Gasteiger partial charge in [0.25, 0.3) is 0 Å². The highest BCUT2D eigenvalue weighted by Gasteiger charge is 2.65. The second-order valence-electron chi connectivity index (χ2n) is 6.86. The van der Waals surface area contributed by atoms with Gasteiger partial charge in [0.2, 0.25) is 5.91 Å². The van der Waals surface area contributed by atoms with Gasteiger partial charge in [-0.25, -0.2) is 0 Å². The summed E-state index contributed by atoms with van der Waals surface area (Å²) >= 11 is 0. The first-order valence-corrected chi connectivity index (χ1v) is 6.92. The fourth-order valence-corrected chi connectivity index (χ4v) is 3.08. The van der Waals surface area contributed by atoms with Crippen molar-refractivity contribution in [2.45, 2.75) is 52.6 Å². The Labute approximate surface area is 122 Å². The maximum Gasteiger partial charge on any atom is 0.237 e. The summed E-state index contributed by atoms with van der Waals surface area (Å²) < 4.78 is 5.30. The summed E-state index contributed by atoms with van der Waals surface area (Å²) in [6.07, 6.45) is 1.79.